The highest BCUT2D eigenvalue weighted by Crippen LogP contribution is 2.25. The van der Waals surface area contributed by atoms with Crippen molar-refractivity contribution in [2.45, 2.75) is 38.5 Å². The average molecular weight is 245 g/mol. The molecule has 0 bridgehead atoms. The van der Waals surface area contributed by atoms with E-state index in [0.29, 0.717) is 12.3 Å². The lowest BCUT2D eigenvalue weighted by Gasteiger charge is -2.18. The van der Waals surface area contributed by atoms with Gasteiger partial charge in [-0.05, 0) is 54.0 Å². The first kappa shape index (κ1) is 11.3. The van der Waals surface area contributed by atoms with E-state index in [1.54, 1.807) is 0 Å². The Labute approximate surface area is 105 Å². The molecule has 0 fully saturated rings. The summed E-state index contributed by atoms with van der Waals surface area (Å²) in [5.41, 5.74) is 4.30. The van der Waals surface area contributed by atoms with Crippen molar-refractivity contribution < 1.29 is 8.94 Å². The summed E-state index contributed by atoms with van der Waals surface area (Å²) in [7, 11) is 0. The third kappa shape index (κ3) is 2.23. The van der Waals surface area contributed by atoms with Crippen molar-refractivity contribution in [2.24, 2.45) is 0 Å². The Balaban J connectivity index is 1.78. The molecule has 0 saturated heterocycles. The van der Waals surface area contributed by atoms with E-state index >= 15 is 0 Å². The van der Waals surface area contributed by atoms with E-state index in [4.69, 9.17) is 4.42 Å². The van der Waals surface area contributed by atoms with Crippen LogP contribution in [0.3, 0.4) is 0 Å². The molecule has 18 heavy (non-hydrogen) atoms. The van der Waals surface area contributed by atoms with E-state index in [1.165, 1.54) is 36.0 Å². The van der Waals surface area contributed by atoms with Gasteiger partial charge in [0, 0.05) is 6.42 Å². The molecule has 0 amide bonds. The second kappa shape index (κ2) is 4.80. The third-order valence-electron chi connectivity index (χ3n) is 3.52. The van der Waals surface area contributed by atoms with Crippen LogP contribution < -0.4 is 5.82 Å². The normalized spacial score (nSPS) is 14.4. The van der Waals surface area contributed by atoms with E-state index in [-0.39, 0.29) is 0 Å². The summed E-state index contributed by atoms with van der Waals surface area (Å²) in [5, 5.41) is 3.59. The number of nitrogens with zero attached hydrogens (tertiary/aromatic N) is 1. The SMILES string of the molecule is O=c1onc(CCc2cccc3c2CCCC3)o1. The fraction of sp³-hybridized carbons (Fsp3) is 0.429. The van der Waals surface area contributed by atoms with Gasteiger partial charge in [0.05, 0.1) is 0 Å². The number of fused-ring (bicyclic) bond motifs is 1. The van der Waals surface area contributed by atoms with Crippen LogP contribution in [-0.2, 0) is 25.7 Å². The van der Waals surface area contributed by atoms with Gasteiger partial charge >= 0.3 is 5.82 Å². The lowest BCUT2D eigenvalue weighted by atomic mass is 9.87. The lowest BCUT2D eigenvalue weighted by Crippen LogP contribution is -2.07. The minimum atomic E-state index is -0.722. The minimum Gasteiger partial charge on any atom is -0.375 e. The molecule has 4 nitrogen and oxygen atoms in total. The Morgan fingerprint density at radius 2 is 2.06 bits per heavy atom. The van der Waals surface area contributed by atoms with Crippen LogP contribution in [0.15, 0.2) is 31.9 Å². The molecule has 94 valence electrons. The van der Waals surface area contributed by atoms with Gasteiger partial charge in [-0.25, -0.2) is 4.79 Å². The van der Waals surface area contributed by atoms with Crippen LogP contribution in [0.1, 0.15) is 35.4 Å². The van der Waals surface area contributed by atoms with Crippen LogP contribution in [0.25, 0.3) is 0 Å². The number of aryl methyl sites for hydroxylation is 3. The van der Waals surface area contributed by atoms with E-state index in [9.17, 15) is 4.79 Å². The zero-order valence-electron chi connectivity index (χ0n) is 10.1. The van der Waals surface area contributed by atoms with Crippen LogP contribution >= 0.6 is 0 Å². The molecule has 1 heterocycles. The number of hydrogen-bond donors (Lipinski definition) is 0. The molecular weight excluding hydrogens is 230 g/mol. The summed E-state index contributed by atoms with van der Waals surface area (Å²) >= 11 is 0. The standard InChI is InChI=1S/C14H15NO3/c16-14-17-13(15-18-14)9-8-11-6-3-5-10-4-1-2-7-12(10)11/h3,5-6H,1-2,4,7-9H2. The van der Waals surface area contributed by atoms with E-state index < -0.39 is 5.82 Å². The summed E-state index contributed by atoms with van der Waals surface area (Å²) < 4.78 is 9.21. The molecule has 2 aromatic rings. The van der Waals surface area contributed by atoms with E-state index in [2.05, 4.69) is 27.9 Å². The lowest BCUT2D eigenvalue weighted by molar-refractivity contribution is 0.334. The number of aromatic nitrogens is 1. The molecule has 0 N–H and O–H groups in total. The van der Waals surface area contributed by atoms with Crippen molar-refractivity contribution in [1.29, 1.82) is 0 Å². The predicted molar refractivity (Wildman–Crippen MR) is 65.5 cm³/mol. The van der Waals surface area contributed by atoms with Crippen LogP contribution in [0, 0.1) is 0 Å². The highest BCUT2D eigenvalue weighted by molar-refractivity contribution is 5.37. The predicted octanol–water partition coefficient (Wildman–Crippen LogP) is 2.29. The quantitative estimate of drug-likeness (QED) is 0.832. The molecule has 0 spiro atoms. The molecular formula is C14H15NO3. The van der Waals surface area contributed by atoms with Crippen molar-refractivity contribution in [2.75, 3.05) is 0 Å². The molecule has 0 aliphatic heterocycles. The molecule has 3 rings (SSSR count). The first-order valence-electron chi connectivity index (χ1n) is 6.38. The van der Waals surface area contributed by atoms with Gasteiger partial charge in [-0.1, -0.05) is 18.2 Å². The number of rotatable bonds is 3. The van der Waals surface area contributed by atoms with Gasteiger partial charge in [-0.15, -0.1) is 0 Å². The Bertz CT molecular complexity index is 597. The minimum absolute atomic E-state index is 0.383. The molecule has 1 aliphatic rings. The Hall–Kier alpha value is -1.84. The zero-order valence-corrected chi connectivity index (χ0v) is 10.1. The van der Waals surface area contributed by atoms with Crippen molar-refractivity contribution in [3.63, 3.8) is 0 Å². The molecule has 1 aliphatic carbocycles. The topological polar surface area (TPSA) is 56.2 Å². The second-order valence-corrected chi connectivity index (χ2v) is 4.69. The van der Waals surface area contributed by atoms with Crippen LogP contribution in [0.2, 0.25) is 0 Å². The van der Waals surface area contributed by atoms with Crippen molar-refractivity contribution >= 4 is 0 Å². The van der Waals surface area contributed by atoms with E-state index in [1.807, 2.05) is 0 Å². The third-order valence-corrected chi connectivity index (χ3v) is 3.52. The maximum absolute atomic E-state index is 10.7. The first-order chi connectivity index (χ1) is 8.83. The number of benzene rings is 1. The summed E-state index contributed by atoms with van der Waals surface area (Å²) in [6, 6.07) is 6.48. The molecule has 4 heteroatoms. The fourth-order valence-electron chi connectivity index (χ4n) is 2.65. The largest absolute Gasteiger partial charge is 0.542 e. The van der Waals surface area contributed by atoms with Gasteiger partial charge in [-0.3, -0.25) is 4.52 Å². The van der Waals surface area contributed by atoms with E-state index in [0.717, 1.165) is 12.8 Å². The van der Waals surface area contributed by atoms with Gasteiger partial charge in [0.2, 0.25) is 5.89 Å². The van der Waals surface area contributed by atoms with Crippen molar-refractivity contribution in [3.8, 4) is 0 Å². The molecule has 0 atom stereocenters. The van der Waals surface area contributed by atoms with Gasteiger partial charge in [0.15, 0.2) is 0 Å². The summed E-state index contributed by atoms with van der Waals surface area (Å²) in [6.07, 6.45) is 6.36. The van der Waals surface area contributed by atoms with Crippen LogP contribution in [0.4, 0.5) is 0 Å². The summed E-state index contributed by atoms with van der Waals surface area (Å²) in [6.45, 7) is 0. The number of hydrogen-bond acceptors (Lipinski definition) is 4. The Morgan fingerprint density at radius 1 is 1.17 bits per heavy atom. The zero-order chi connectivity index (χ0) is 12.4. The molecule has 1 aromatic carbocycles. The molecule has 0 saturated carbocycles. The molecule has 1 aromatic heterocycles. The van der Waals surface area contributed by atoms with Crippen LogP contribution in [-0.4, -0.2) is 5.16 Å². The fourth-order valence-corrected chi connectivity index (χ4v) is 2.65. The highest BCUT2D eigenvalue weighted by atomic mass is 16.6. The second-order valence-electron chi connectivity index (χ2n) is 4.69. The van der Waals surface area contributed by atoms with Gasteiger partial charge in [0.1, 0.15) is 0 Å². The maximum Gasteiger partial charge on any atom is 0.542 e. The highest BCUT2D eigenvalue weighted by Gasteiger charge is 2.13. The monoisotopic (exact) mass is 245 g/mol. The Morgan fingerprint density at radius 3 is 2.89 bits per heavy atom. The summed E-state index contributed by atoms with van der Waals surface area (Å²) in [5.74, 6) is -0.339. The molecule has 0 unspecified atom stereocenters. The Kier molecular flexibility index (Phi) is 3.00. The van der Waals surface area contributed by atoms with Gasteiger partial charge < -0.3 is 4.42 Å². The van der Waals surface area contributed by atoms with Gasteiger partial charge in [0.25, 0.3) is 0 Å². The van der Waals surface area contributed by atoms with Crippen LogP contribution in [0.5, 0.6) is 0 Å². The maximum atomic E-state index is 10.7. The first-order valence-corrected chi connectivity index (χ1v) is 6.38. The van der Waals surface area contributed by atoms with Crippen molar-refractivity contribution in [3.05, 3.63) is 51.4 Å². The smallest absolute Gasteiger partial charge is 0.375 e. The molecule has 0 radical (unpaired) electrons. The van der Waals surface area contributed by atoms with Gasteiger partial charge in [-0.2, -0.15) is 0 Å². The van der Waals surface area contributed by atoms with Crippen molar-refractivity contribution in [1.82, 2.24) is 5.16 Å². The summed E-state index contributed by atoms with van der Waals surface area (Å²) in [4.78, 5) is 10.7. The average Bonchev–Trinajstić information content (AvgIpc) is 2.82.